The van der Waals surface area contributed by atoms with Gasteiger partial charge in [0, 0.05) is 38.2 Å². The zero-order valence-corrected chi connectivity index (χ0v) is 10.1. The molecule has 0 aromatic rings. The van der Waals surface area contributed by atoms with Gasteiger partial charge in [0.1, 0.15) is 0 Å². The molecule has 1 aliphatic carbocycles. The number of methoxy groups -OCH3 is 1. The van der Waals surface area contributed by atoms with Crippen LogP contribution in [0.1, 0.15) is 32.6 Å². The number of hydrogen-bond donors (Lipinski definition) is 0. The van der Waals surface area contributed by atoms with Crippen molar-refractivity contribution in [2.45, 2.75) is 44.7 Å². The Balaban J connectivity index is 2.31. The summed E-state index contributed by atoms with van der Waals surface area (Å²) in [7, 11) is 1.77. The maximum atomic E-state index is 5.83. The molecule has 0 aromatic carbocycles. The smallest absolute Gasteiger partial charge is 0.0477 e. The van der Waals surface area contributed by atoms with Crippen LogP contribution in [0.15, 0.2) is 0 Å². The van der Waals surface area contributed by atoms with Crippen molar-refractivity contribution in [3.63, 3.8) is 0 Å². The Bertz CT molecular complexity index is 150. The molecule has 3 heteroatoms. The minimum atomic E-state index is 0.610. The van der Waals surface area contributed by atoms with Crippen molar-refractivity contribution >= 4 is 11.6 Å². The van der Waals surface area contributed by atoms with Crippen molar-refractivity contribution in [2.24, 2.45) is 0 Å². The highest BCUT2D eigenvalue weighted by Gasteiger charge is 2.27. The maximum absolute atomic E-state index is 5.83. The summed E-state index contributed by atoms with van der Waals surface area (Å²) in [6, 6.07) is 1.40. The molecule has 84 valence electrons. The predicted molar refractivity (Wildman–Crippen MR) is 61.0 cm³/mol. The molecule has 14 heavy (non-hydrogen) atoms. The number of hydrogen-bond acceptors (Lipinski definition) is 2. The van der Waals surface area contributed by atoms with E-state index in [0.717, 1.165) is 31.5 Å². The molecule has 1 fully saturated rings. The van der Waals surface area contributed by atoms with Crippen LogP contribution in [0, 0.1) is 0 Å². The number of nitrogens with zero attached hydrogens (tertiary/aromatic N) is 1. The fourth-order valence-corrected chi connectivity index (χ4v) is 2.23. The maximum Gasteiger partial charge on any atom is 0.0477 e. The van der Waals surface area contributed by atoms with Gasteiger partial charge in [-0.05, 0) is 26.2 Å². The lowest BCUT2D eigenvalue weighted by atomic mass is 9.90. The molecule has 0 radical (unpaired) electrons. The Morgan fingerprint density at radius 2 is 2.21 bits per heavy atom. The highest BCUT2D eigenvalue weighted by molar-refractivity contribution is 6.18. The molecule has 1 unspecified atom stereocenters. The van der Waals surface area contributed by atoms with Crippen molar-refractivity contribution in [3.05, 3.63) is 0 Å². The monoisotopic (exact) mass is 219 g/mol. The Morgan fingerprint density at radius 1 is 1.50 bits per heavy atom. The first kappa shape index (κ1) is 12.3. The van der Waals surface area contributed by atoms with Gasteiger partial charge in [0.2, 0.25) is 0 Å². The van der Waals surface area contributed by atoms with Gasteiger partial charge in [0.25, 0.3) is 0 Å². The van der Waals surface area contributed by atoms with Crippen molar-refractivity contribution in [1.29, 1.82) is 0 Å². The topological polar surface area (TPSA) is 12.5 Å². The van der Waals surface area contributed by atoms with Gasteiger partial charge in [-0.2, -0.15) is 0 Å². The second kappa shape index (κ2) is 6.65. The Morgan fingerprint density at radius 3 is 2.64 bits per heavy atom. The Labute approximate surface area is 92.6 Å². The van der Waals surface area contributed by atoms with Crippen LogP contribution in [0.3, 0.4) is 0 Å². The van der Waals surface area contributed by atoms with Crippen molar-refractivity contribution in [3.8, 4) is 0 Å². The second-order valence-electron chi connectivity index (χ2n) is 4.14. The molecule has 0 aliphatic heterocycles. The van der Waals surface area contributed by atoms with Gasteiger partial charge in [-0.3, -0.25) is 4.90 Å². The van der Waals surface area contributed by atoms with Crippen LogP contribution < -0.4 is 0 Å². The first-order valence-corrected chi connectivity index (χ1v) is 6.13. The van der Waals surface area contributed by atoms with Crippen LogP contribution >= 0.6 is 11.6 Å². The summed E-state index contributed by atoms with van der Waals surface area (Å²) in [6.45, 7) is 4.16. The van der Waals surface area contributed by atoms with Crippen LogP contribution in [-0.2, 0) is 4.74 Å². The van der Waals surface area contributed by atoms with Crippen LogP contribution in [0.4, 0.5) is 0 Å². The molecule has 1 aliphatic rings. The van der Waals surface area contributed by atoms with Crippen LogP contribution in [0.25, 0.3) is 0 Å². The highest BCUT2D eigenvalue weighted by atomic mass is 35.5. The Kier molecular flexibility index (Phi) is 5.83. The first-order chi connectivity index (χ1) is 6.79. The van der Waals surface area contributed by atoms with E-state index in [4.69, 9.17) is 16.3 Å². The number of halogens is 1. The lowest BCUT2D eigenvalue weighted by molar-refractivity contribution is 0.0721. The van der Waals surface area contributed by atoms with Crippen LogP contribution in [0.5, 0.6) is 0 Å². The van der Waals surface area contributed by atoms with Crippen molar-refractivity contribution < 1.29 is 4.74 Å². The van der Waals surface area contributed by atoms with E-state index >= 15 is 0 Å². The van der Waals surface area contributed by atoms with Gasteiger partial charge in [0.05, 0.1) is 0 Å². The molecule has 1 rings (SSSR count). The predicted octanol–water partition coefficient (Wildman–Crippen LogP) is 2.50. The molecule has 0 spiro atoms. The third kappa shape index (κ3) is 3.41. The van der Waals surface area contributed by atoms with E-state index < -0.39 is 0 Å². The fraction of sp³-hybridized carbons (Fsp3) is 1.00. The molecule has 1 atom stereocenters. The van der Waals surface area contributed by atoms with E-state index in [-0.39, 0.29) is 0 Å². The zero-order chi connectivity index (χ0) is 10.4. The van der Waals surface area contributed by atoms with Gasteiger partial charge in [0.15, 0.2) is 0 Å². The van der Waals surface area contributed by atoms with Gasteiger partial charge in [-0.25, -0.2) is 0 Å². The molecule has 0 amide bonds. The first-order valence-electron chi connectivity index (χ1n) is 5.60. The zero-order valence-electron chi connectivity index (χ0n) is 9.34. The summed E-state index contributed by atoms with van der Waals surface area (Å²) in [5.74, 6) is 0.744. The van der Waals surface area contributed by atoms with Crippen molar-refractivity contribution in [1.82, 2.24) is 4.90 Å². The van der Waals surface area contributed by atoms with Gasteiger partial charge >= 0.3 is 0 Å². The third-order valence-corrected chi connectivity index (χ3v) is 3.36. The third-order valence-electron chi connectivity index (χ3n) is 3.19. The molecule has 0 saturated heterocycles. The number of rotatable bonds is 7. The van der Waals surface area contributed by atoms with E-state index in [2.05, 4.69) is 11.8 Å². The van der Waals surface area contributed by atoms with Gasteiger partial charge in [-0.1, -0.05) is 6.42 Å². The summed E-state index contributed by atoms with van der Waals surface area (Å²) < 4.78 is 5.11. The van der Waals surface area contributed by atoms with Gasteiger partial charge < -0.3 is 4.74 Å². The number of alkyl halides is 1. The minimum absolute atomic E-state index is 0.610. The quantitative estimate of drug-likeness (QED) is 0.611. The second-order valence-corrected chi connectivity index (χ2v) is 4.52. The van der Waals surface area contributed by atoms with Crippen molar-refractivity contribution in [2.75, 3.05) is 26.1 Å². The largest absolute Gasteiger partial charge is 0.385 e. The molecule has 1 saturated carbocycles. The van der Waals surface area contributed by atoms with E-state index in [1.807, 2.05) is 0 Å². The molecule has 0 bridgehead atoms. The van der Waals surface area contributed by atoms with Crippen LogP contribution in [0.2, 0.25) is 0 Å². The van der Waals surface area contributed by atoms with Crippen LogP contribution in [-0.4, -0.2) is 43.1 Å². The fourth-order valence-electron chi connectivity index (χ4n) is 2.03. The standard InChI is InChI=1S/C11H22ClNO/c1-10(6-9-14-2)13(8-7-12)11-4-3-5-11/h10-11H,3-9H2,1-2H3. The highest BCUT2D eigenvalue weighted by Crippen LogP contribution is 2.27. The molecular formula is C11H22ClNO. The molecule has 0 aromatic heterocycles. The lowest BCUT2D eigenvalue weighted by Gasteiger charge is -2.41. The Hall–Kier alpha value is 0.210. The summed E-state index contributed by atoms with van der Waals surface area (Å²) in [4.78, 5) is 2.55. The molecule has 2 nitrogen and oxygen atoms in total. The minimum Gasteiger partial charge on any atom is -0.385 e. The van der Waals surface area contributed by atoms with E-state index in [1.165, 1.54) is 19.3 Å². The molecule has 0 N–H and O–H groups in total. The average molecular weight is 220 g/mol. The van der Waals surface area contributed by atoms with E-state index in [9.17, 15) is 0 Å². The number of ether oxygens (including phenoxy) is 1. The summed E-state index contributed by atoms with van der Waals surface area (Å²) >= 11 is 5.83. The van der Waals surface area contributed by atoms with E-state index in [1.54, 1.807) is 7.11 Å². The SMILES string of the molecule is COCCC(C)N(CCCl)C1CCC1. The summed E-state index contributed by atoms with van der Waals surface area (Å²) in [6.07, 6.45) is 5.22. The molecular weight excluding hydrogens is 198 g/mol. The molecule has 0 heterocycles. The van der Waals surface area contributed by atoms with E-state index in [0.29, 0.717) is 6.04 Å². The lowest BCUT2D eigenvalue weighted by Crippen LogP contribution is -2.46. The average Bonchev–Trinajstić information content (AvgIpc) is 2.10. The summed E-state index contributed by atoms with van der Waals surface area (Å²) in [5, 5.41) is 0. The summed E-state index contributed by atoms with van der Waals surface area (Å²) in [5.41, 5.74) is 0. The normalized spacial score (nSPS) is 19.7. The van der Waals surface area contributed by atoms with Gasteiger partial charge in [-0.15, -0.1) is 11.6 Å².